The van der Waals surface area contributed by atoms with Crippen molar-refractivity contribution in [3.63, 3.8) is 0 Å². The molecule has 0 unspecified atom stereocenters. The van der Waals surface area contributed by atoms with Gasteiger partial charge in [-0.2, -0.15) is 0 Å². The van der Waals surface area contributed by atoms with Crippen LogP contribution in [0, 0.1) is 5.82 Å². The zero-order valence-corrected chi connectivity index (χ0v) is 12.8. The van der Waals surface area contributed by atoms with Gasteiger partial charge in [-0.15, -0.1) is 0 Å². The van der Waals surface area contributed by atoms with E-state index >= 15 is 0 Å². The number of hydrogen-bond donors (Lipinski definition) is 1. The van der Waals surface area contributed by atoms with Crippen molar-refractivity contribution in [2.24, 2.45) is 0 Å². The highest BCUT2D eigenvalue weighted by Crippen LogP contribution is 2.26. The van der Waals surface area contributed by atoms with Gasteiger partial charge in [0.05, 0.1) is 31.9 Å². The average Bonchev–Trinajstić information content (AvgIpc) is 2.56. The molecule has 0 fully saturated rings. The monoisotopic (exact) mass is 317 g/mol. The van der Waals surface area contributed by atoms with Gasteiger partial charge in [0.2, 0.25) is 5.91 Å². The number of esters is 1. The first-order chi connectivity index (χ1) is 11.0. The van der Waals surface area contributed by atoms with Crippen LogP contribution in [0.3, 0.4) is 0 Å². The normalized spacial score (nSPS) is 10.0. The molecule has 5 nitrogen and oxygen atoms in total. The van der Waals surface area contributed by atoms with Crippen molar-refractivity contribution < 1.29 is 23.5 Å². The predicted octanol–water partition coefficient (Wildman–Crippen LogP) is 2.80. The summed E-state index contributed by atoms with van der Waals surface area (Å²) in [7, 11) is 2.74. The van der Waals surface area contributed by atoms with Crippen molar-refractivity contribution in [2.75, 3.05) is 19.5 Å². The van der Waals surface area contributed by atoms with E-state index in [2.05, 4.69) is 10.1 Å². The van der Waals surface area contributed by atoms with Gasteiger partial charge in [-0.05, 0) is 35.9 Å². The van der Waals surface area contributed by atoms with Crippen LogP contribution in [0.5, 0.6) is 5.75 Å². The number of rotatable bonds is 5. The molecule has 23 heavy (non-hydrogen) atoms. The van der Waals surface area contributed by atoms with Crippen molar-refractivity contribution >= 4 is 17.6 Å². The third-order valence-electron chi connectivity index (χ3n) is 3.17. The van der Waals surface area contributed by atoms with Gasteiger partial charge < -0.3 is 14.8 Å². The van der Waals surface area contributed by atoms with Gasteiger partial charge in [-0.3, -0.25) is 4.79 Å². The maximum Gasteiger partial charge on any atom is 0.337 e. The summed E-state index contributed by atoms with van der Waals surface area (Å²) < 4.78 is 22.7. The van der Waals surface area contributed by atoms with Crippen LogP contribution >= 0.6 is 0 Å². The van der Waals surface area contributed by atoms with Crippen LogP contribution in [0.1, 0.15) is 15.9 Å². The number of methoxy groups -OCH3 is 2. The zero-order valence-electron chi connectivity index (χ0n) is 12.8. The molecule has 0 heterocycles. The lowest BCUT2D eigenvalue weighted by atomic mass is 10.1. The third kappa shape index (κ3) is 4.29. The maximum absolute atomic E-state index is 12.9. The maximum atomic E-state index is 12.9. The van der Waals surface area contributed by atoms with E-state index in [1.807, 2.05) is 0 Å². The lowest BCUT2D eigenvalue weighted by Crippen LogP contribution is -2.15. The number of ether oxygens (including phenoxy) is 2. The van der Waals surface area contributed by atoms with Gasteiger partial charge in [0.25, 0.3) is 0 Å². The van der Waals surface area contributed by atoms with E-state index in [9.17, 15) is 14.0 Å². The Morgan fingerprint density at radius 2 is 1.78 bits per heavy atom. The SMILES string of the molecule is COC(=O)c1ccc(OC)c(NC(=O)Cc2ccc(F)cc2)c1. The first-order valence-corrected chi connectivity index (χ1v) is 6.84. The van der Waals surface area contributed by atoms with Crippen LogP contribution in [0.2, 0.25) is 0 Å². The van der Waals surface area contributed by atoms with Crippen molar-refractivity contribution in [1.82, 2.24) is 0 Å². The van der Waals surface area contributed by atoms with E-state index < -0.39 is 5.97 Å². The third-order valence-corrected chi connectivity index (χ3v) is 3.17. The van der Waals surface area contributed by atoms with Crippen molar-refractivity contribution in [3.05, 3.63) is 59.4 Å². The van der Waals surface area contributed by atoms with Crippen molar-refractivity contribution in [3.8, 4) is 5.75 Å². The Bertz CT molecular complexity index is 713. The fourth-order valence-electron chi connectivity index (χ4n) is 2.03. The van der Waals surface area contributed by atoms with Crippen LogP contribution < -0.4 is 10.1 Å². The second kappa shape index (κ2) is 7.40. The van der Waals surface area contributed by atoms with Crippen LogP contribution in [-0.2, 0) is 16.0 Å². The summed E-state index contributed by atoms with van der Waals surface area (Å²) >= 11 is 0. The van der Waals surface area contributed by atoms with E-state index in [1.54, 1.807) is 12.1 Å². The quantitative estimate of drug-likeness (QED) is 0.861. The van der Waals surface area contributed by atoms with Gasteiger partial charge >= 0.3 is 5.97 Å². The number of carbonyl (C=O) groups excluding carboxylic acids is 2. The van der Waals surface area contributed by atoms with Crippen LogP contribution in [-0.4, -0.2) is 26.1 Å². The zero-order chi connectivity index (χ0) is 16.8. The second-order valence-corrected chi connectivity index (χ2v) is 4.76. The van der Waals surface area contributed by atoms with Crippen LogP contribution in [0.4, 0.5) is 10.1 Å². The number of amides is 1. The molecule has 0 saturated carbocycles. The van der Waals surface area contributed by atoms with E-state index in [-0.39, 0.29) is 18.1 Å². The largest absolute Gasteiger partial charge is 0.495 e. The molecule has 6 heteroatoms. The minimum Gasteiger partial charge on any atom is -0.495 e. The first-order valence-electron chi connectivity index (χ1n) is 6.84. The standard InChI is InChI=1S/C17H16FNO4/c1-22-15-8-5-12(17(21)23-2)10-14(15)19-16(20)9-11-3-6-13(18)7-4-11/h3-8,10H,9H2,1-2H3,(H,19,20). The molecular weight excluding hydrogens is 301 g/mol. The van der Waals surface area contributed by atoms with Gasteiger partial charge in [-0.1, -0.05) is 12.1 Å². The Morgan fingerprint density at radius 1 is 1.09 bits per heavy atom. The molecule has 1 amide bonds. The molecule has 0 radical (unpaired) electrons. The summed E-state index contributed by atoms with van der Waals surface area (Å²) in [6.07, 6.45) is 0.0753. The molecule has 0 atom stereocenters. The molecule has 2 aromatic rings. The molecule has 0 aliphatic rings. The lowest BCUT2D eigenvalue weighted by Gasteiger charge is -2.11. The summed E-state index contributed by atoms with van der Waals surface area (Å²) in [4.78, 5) is 23.7. The molecule has 0 aliphatic carbocycles. The van der Waals surface area contributed by atoms with Gasteiger partial charge in [0.1, 0.15) is 11.6 Å². The summed E-state index contributed by atoms with van der Waals surface area (Å²) in [5, 5.41) is 2.68. The Kier molecular flexibility index (Phi) is 5.30. The minimum absolute atomic E-state index is 0.0753. The Labute approximate surface area is 133 Å². The second-order valence-electron chi connectivity index (χ2n) is 4.76. The highest BCUT2D eigenvalue weighted by molar-refractivity contribution is 5.96. The van der Waals surface area contributed by atoms with E-state index in [0.29, 0.717) is 22.6 Å². The molecule has 1 N–H and O–H groups in total. The summed E-state index contributed by atoms with van der Waals surface area (Å²) in [6.45, 7) is 0. The highest BCUT2D eigenvalue weighted by atomic mass is 19.1. The smallest absolute Gasteiger partial charge is 0.337 e. The predicted molar refractivity (Wildman–Crippen MR) is 83.1 cm³/mol. The van der Waals surface area contributed by atoms with Crippen LogP contribution in [0.15, 0.2) is 42.5 Å². The number of hydrogen-bond acceptors (Lipinski definition) is 4. The van der Waals surface area contributed by atoms with Crippen molar-refractivity contribution in [1.29, 1.82) is 0 Å². The highest BCUT2D eigenvalue weighted by Gasteiger charge is 2.13. The number of benzene rings is 2. The van der Waals surface area contributed by atoms with Gasteiger partial charge in [0, 0.05) is 0 Å². The molecule has 0 aromatic heterocycles. The van der Waals surface area contributed by atoms with E-state index in [0.717, 1.165) is 0 Å². The Balaban J connectivity index is 2.15. The first kappa shape index (κ1) is 16.5. The molecule has 120 valence electrons. The number of anilines is 1. The summed E-state index contributed by atoms with van der Waals surface area (Å²) in [6, 6.07) is 10.3. The van der Waals surface area contributed by atoms with E-state index in [1.165, 1.54) is 44.6 Å². The van der Waals surface area contributed by atoms with E-state index in [4.69, 9.17) is 4.74 Å². The van der Waals surface area contributed by atoms with Crippen molar-refractivity contribution in [2.45, 2.75) is 6.42 Å². The summed E-state index contributed by atoms with van der Waals surface area (Å²) in [5.74, 6) is -0.759. The number of halogens is 1. The molecule has 0 saturated heterocycles. The fraction of sp³-hybridized carbons (Fsp3) is 0.176. The topological polar surface area (TPSA) is 64.6 Å². The molecule has 0 spiro atoms. The minimum atomic E-state index is -0.512. The number of carbonyl (C=O) groups is 2. The van der Waals surface area contributed by atoms with Crippen LogP contribution in [0.25, 0.3) is 0 Å². The lowest BCUT2D eigenvalue weighted by molar-refractivity contribution is -0.115. The molecule has 0 aliphatic heterocycles. The summed E-state index contributed by atoms with van der Waals surface area (Å²) in [5.41, 5.74) is 1.33. The number of nitrogens with one attached hydrogen (secondary N) is 1. The Morgan fingerprint density at radius 3 is 2.39 bits per heavy atom. The molecule has 2 rings (SSSR count). The van der Waals surface area contributed by atoms with Gasteiger partial charge in [0.15, 0.2) is 0 Å². The molecule has 2 aromatic carbocycles. The Hall–Kier alpha value is -2.89. The molecule has 0 bridgehead atoms. The average molecular weight is 317 g/mol. The molecular formula is C17H16FNO4. The van der Waals surface area contributed by atoms with Gasteiger partial charge in [-0.25, -0.2) is 9.18 Å². The fourth-order valence-corrected chi connectivity index (χ4v) is 2.03.